The zero-order chi connectivity index (χ0) is 15.1. The molecular weight excluding hydrogens is 268 g/mol. The first-order valence-electron chi connectivity index (χ1n) is 6.84. The zero-order valence-electron chi connectivity index (χ0n) is 11.9. The van der Waals surface area contributed by atoms with E-state index in [4.69, 9.17) is 9.94 Å². The highest BCUT2D eigenvalue weighted by Gasteiger charge is 2.02. The molecule has 0 radical (unpaired) electrons. The monoisotopic (exact) mass is 286 g/mol. The van der Waals surface area contributed by atoms with Crippen LogP contribution in [0, 0.1) is 0 Å². The standard InChI is InChI=1S/C16H18N2O3/c1-2-15(17-20)13-6-8-14(9-7-13)21-12-11-18-10-4-3-5-16(18)19/h3-10,20H,2,11-12H2,1H3/b17-15-. The molecule has 0 fully saturated rings. The second kappa shape index (κ2) is 7.28. The van der Waals surface area contributed by atoms with E-state index >= 15 is 0 Å². The average molecular weight is 286 g/mol. The van der Waals surface area contributed by atoms with Gasteiger partial charge in [-0.1, -0.05) is 18.1 Å². The van der Waals surface area contributed by atoms with E-state index in [1.165, 1.54) is 6.07 Å². The SMILES string of the molecule is CC/C(=N/O)c1ccc(OCCn2ccccc2=O)cc1. The summed E-state index contributed by atoms with van der Waals surface area (Å²) in [6.07, 6.45) is 2.40. The van der Waals surface area contributed by atoms with E-state index in [9.17, 15) is 4.79 Å². The van der Waals surface area contributed by atoms with Crippen molar-refractivity contribution >= 4 is 5.71 Å². The molecule has 1 N–H and O–H groups in total. The molecule has 2 aromatic rings. The van der Waals surface area contributed by atoms with Gasteiger partial charge < -0.3 is 14.5 Å². The first kappa shape index (κ1) is 14.8. The lowest BCUT2D eigenvalue weighted by atomic mass is 10.1. The number of ether oxygens (including phenoxy) is 1. The van der Waals surface area contributed by atoms with E-state index in [0.29, 0.717) is 25.3 Å². The van der Waals surface area contributed by atoms with Crippen molar-refractivity contribution < 1.29 is 9.94 Å². The Kier molecular flexibility index (Phi) is 5.15. The van der Waals surface area contributed by atoms with Crippen molar-refractivity contribution in [2.45, 2.75) is 19.9 Å². The van der Waals surface area contributed by atoms with Crippen molar-refractivity contribution in [3.05, 3.63) is 64.6 Å². The molecule has 21 heavy (non-hydrogen) atoms. The molecule has 110 valence electrons. The van der Waals surface area contributed by atoms with Gasteiger partial charge in [-0.15, -0.1) is 0 Å². The van der Waals surface area contributed by atoms with Crippen LogP contribution in [0.4, 0.5) is 0 Å². The van der Waals surface area contributed by atoms with Crippen molar-refractivity contribution in [1.29, 1.82) is 0 Å². The van der Waals surface area contributed by atoms with Crippen LogP contribution < -0.4 is 10.3 Å². The van der Waals surface area contributed by atoms with Gasteiger partial charge in [-0.25, -0.2) is 0 Å². The summed E-state index contributed by atoms with van der Waals surface area (Å²) in [5.41, 5.74) is 1.47. The van der Waals surface area contributed by atoms with Gasteiger partial charge in [-0.05, 0) is 42.3 Å². The van der Waals surface area contributed by atoms with Gasteiger partial charge in [0.1, 0.15) is 12.4 Å². The molecule has 0 aliphatic heterocycles. The second-order valence-corrected chi connectivity index (χ2v) is 4.51. The van der Waals surface area contributed by atoms with Crippen LogP contribution in [0.3, 0.4) is 0 Å². The first-order chi connectivity index (χ1) is 10.2. The Bertz CT molecular complexity index is 660. The van der Waals surface area contributed by atoms with Crippen molar-refractivity contribution in [3.8, 4) is 5.75 Å². The fourth-order valence-electron chi connectivity index (χ4n) is 1.98. The molecule has 0 saturated carbocycles. The quantitative estimate of drug-likeness (QED) is 0.504. The van der Waals surface area contributed by atoms with E-state index in [2.05, 4.69) is 5.16 Å². The summed E-state index contributed by atoms with van der Waals surface area (Å²) >= 11 is 0. The number of pyridine rings is 1. The normalized spacial score (nSPS) is 11.4. The number of aromatic nitrogens is 1. The van der Waals surface area contributed by atoms with Crippen molar-refractivity contribution in [3.63, 3.8) is 0 Å². The molecule has 5 nitrogen and oxygen atoms in total. The Hall–Kier alpha value is -2.56. The highest BCUT2D eigenvalue weighted by Crippen LogP contribution is 2.13. The van der Waals surface area contributed by atoms with E-state index < -0.39 is 0 Å². The van der Waals surface area contributed by atoms with E-state index in [1.807, 2.05) is 37.3 Å². The number of hydrogen-bond acceptors (Lipinski definition) is 4. The second-order valence-electron chi connectivity index (χ2n) is 4.51. The molecule has 0 aliphatic carbocycles. The molecule has 1 aromatic carbocycles. The minimum absolute atomic E-state index is 0.0387. The fourth-order valence-corrected chi connectivity index (χ4v) is 1.98. The third kappa shape index (κ3) is 3.95. The van der Waals surface area contributed by atoms with Crippen molar-refractivity contribution in [1.82, 2.24) is 4.57 Å². The lowest BCUT2D eigenvalue weighted by Crippen LogP contribution is -2.21. The summed E-state index contributed by atoms with van der Waals surface area (Å²) in [6, 6.07) is 12.4. The summed E-state index contributed by atoms with van der Waals surface area (Å²) in [5.74, 6) is 0.719. The lowest BCUT2D eigenvalue weighted by Gasteiger charge is -2.09. The Morgan fingerprint density at radius 1 is 1.24 bits per heavy atom. The molecule has 0 spiro atoms. The van der Waals surface area contributed by atoms with Crippen LogP contribution in [-0.2, 0) is 6.54 Å². The Morgan fingerprint density at radius 3 is 2.62 bits per heavy atom. The maximum atomic E-state index is 11.5. The van der Waals surface area contributed by atoms with Crippen molar-refractivity contribution in [2.75, 3.05) is 6.61 Å². The summed E-state index contributed by atoms with van der Waals surface area (Å²) in [5, 5.41) is 12.1. The lowest BCUT2D eigenvalue weighted by molar-refractivity contribution is 0.296. The summed E-state index contributed by atoms with van der Waals surface area (Å²) in [4.78, 5) is 11.5. The number of oxime groups is 1. The van der Waals surface area contributed by atoms with Crippen LogP contribution in [0.25, 0.3) is 0 Å². The summed E-state index contributed by atoms with van der Waals surface area (Å²) in [6.45, 7) is 2.84. The molecule has 0 atom stereocenters. The molecule has 0 aliphatic rings. The Labute approximate surface area is 123 Å². The number of rotatable bonds is 6. The van der Waals surface area contributed by atoms with Gasteiger partial charge in [0.15, 0.2) is 0 Å². The van der Waals surface area contributed by atoms with Crippen LogP contribution >= 0.6 is 0 Å². The highest BCUT2D eigenvalue weighted by atomic mass is 16.5. The summed E-state index contributed by atoms with van der Waals surface area (Å²) < 4.78 is 7.20. The fraction of sp³-hybridized carbons (Fsp3) is 0.250. The van der Waals surface area contributed by atoms with Gasteiger partial charge in [0.05, 0.1) is 12.3 Å². The molecule has 5 heteroatoms. The molecule has 2 rings (SSSR count). The van der Waals surface area contributed by atoms with Crippen LogP contribution in [-0.4, -0.2) is 22.1 Å². The van der Waals surface area contributed by atoms with E-state index in [0.717, 1.165) is 11.3 Å². The maximum Gasteiger partial charge on any atom is 0.250 e. The topological polar surface area (TPSA) is 63.8 Å². The molecule has 0 bridgehead atoms. The van der Waals surface area contributed by atoms with Gasteiger partial charge in [0.2, 0.25) is 0 Å². The molecule has 1 aromatic heterocycles. The Balaban J connectivity index is 1.93. The largest absolute Gasteiger partial charge is 0.492 e. The van der Waals surface area contributed by atoms with Gasteiger partial charge in [-0.3, -0.25) is 4.79 Å². The molecule has 0 saturated heterocycles. The molecule has 0 amide bonds. The van der Waals surface area contributed by atoms with E-state index in [1.54, 1.807) is 16.8 Å². The van der Waals surface area contributed by atoms with Crippen LogP contribution in [0.15, 0.2) is 58.6 Å². The molecule has 0 unspecified atom stereocenters. The van der Waals surface area contributed by atoms with Crippen LogP contribution in [0.5, 0.6) is 5.75 Å². The third-order valence-electron chi connectivity index (χ3n) is 3.14. The van der Waals surface area contributed by atoms with Gasteiger partial charge in [-0.2, -0.15) is 0 Å². The molecule has 1 heterocycles. The van der Waals surface area contributed by atoms with Crippen molar-refractivity contribution in [2.24, 2.45) is 5.16 Å². The number of nitrogens with zero attached hydrogens (tertiary/aromatic N) is 2. The predicted octanol–water partition coefficient (Wildman–Crippen LogP) is 2.52. The average Bonchev–Trinajstić information content (AvgIpc) is 2.52. The van der Waals surface area contributed by atoms with Gasteiger partial charge >= 0.3 is 0 Å². The third-order valence-corrected chi connectivity index (χ3v) is 3.14. The Morgan fingerprint density at radius 2 is 2.00 bits per heavy atom. The zero-order valence-corrected chi connectivity index (χ0v) is 11.9. The van der Waals surface area contributed by atoms with Crippen LogP contribution in [0.2, 0.25) is 0 Å². The van der Waals surface area contributed by atoms with Gasteiger partial charge in [0.25, 0.3) is 5.56 Å². The van der Waals surface area contributed by atoms with E-state index in [-0.39, 0.29) is 5.56 Å². The highest BCUT2D eigenvalue weighted by molar-refractivity contribution is 6.00. The van der Waals surface area contributed by atoms with Gasteiger partial charge in [0, 0.05) is 12.3 Å². The summed E-state index contributed by atoms with van der Waals surface area (Å²) in [7, 11) is 0. The maximum absolute atomic E-state index is 11.5. The predicted molar refractivity (Wildman–Crippen MR) is 81.3 cm³/mol. The first-order valence-corrected chi connectivity index (χ1v) is 6.84. The number of benzene rings is 1. The smallest absolute Gasteiger partial charge is 0.250 e. The molecular formula is C16H18N2O3. The van der Waals surface area contributed by atoms with Crippen LogP contribution in [0.1, 0.15) is 18.9 Å². The minimum Gasteiger partial charge on any atom is -0.492 e. The minimum atomic E-state index is -0.0387. The number of hydrogen-bond donors (Lipinski definition) is 1.